The van der Waals surface area contributed by atoms with Gasteiger partial charge in [-0.1, -0.05) is 19.1 Å². The maximum Gasteiger partial charge on any atom is 0.248 e. The van der Waals surface area contributed by atoms with E-state index in [1.54, 1.807) is 5.01 Å². The summed E-state index contributed by atoms with van der Waals surface area (Å²) in [7, 11) is 1.90. The first kappa shape index (κ1) is 23.2. The maximum atomic E-state index is 11.8. The molecule has 35 heavy (non-hydrogen) atoms. The van der Waals surface area contributed by atoms with Crippen LogP contribution >= 0.6 is 0 Å². The summed E-state index contributed by atoms with van der Waals surface area (Å²) in [5.74, 6) is 6.36. The van der Waals surface area contributed by atoms with Crippen LogP contribution in [0.1, 0.15) is 18.1 Å². The quantitative estimate of drug-likeness (QED) is 0.393. The lowest BCUT2D eigenvalue weighted by atomic mass is 9.97. The highest BCUT2D eigenvalue weighted by molar-refractivity contribution is 5.84. The molecule has 3 heterocycles. The first-order chi connectivity index (χ1) is 17.0. The highest BCUT2D eigenvalue weighted by atomic mass is 16.5. The number of aromatic nitrogens is 2. The average Bonchev–Trinajstić information content (AvgIpc) is 3.36. The van der Waals surface area contributed by atoms with Gasteiger partial charge in [0.25, 0.3) is 0 Å². The Morgan fingerprint density at radius 1 is 1.31 bits per heavy atom. The molecule has 184 valence electrons. The molecule has 1 unspecified atom stereocenters. The number of amides is 1. The minimum Gasteiger partial charge on any atom is -0.367 e. The third kappa shape index (κ3) is 4.20. The van der Waals surface area contributed by atoms with Gasteiger partial charge < -0.3 is 20.3 Å². The zero-order valence-electron chi connectivity index (χ0n) is 20.1. The first-order valence-electron chi connectivity index (χ1n) is 11.9. The molecule has 0 saturated carbocycles. The van der Waals surface area contributed by atoms with Crippen LogP contribution in [0.15, 0.2) is 48.7 Å². The molecule has 0 aliphatic carbocycles. The fraction of sp³-hybridized carbons (Fsp3) is 0.360. The molecule has 5 rings (SSSR count). The van der Waals surface area contributed by atoms with Crippen molar-refractivity contribution in [3.63, 3.8) is 0 Å². The molecule has 2 aliphatic rings. The number of nitrogens with zero attached hydrogens (tertiary/aromatic N) is 4. The second kappa shape index (κ2) is 9.57. The number of carbonyl (C=O) groups excluding carboxylic acids is 1. The Morgan fingerprint density at radius 2 is 2.17 bits per heavy atom. The van der Waals surface area contributed by atoms with E-state index in [1.165, 1.54) is 5.56 Å². The van der Waals surface area contributed by atoms with Crippen LogP contribution in [0.3, 0.4) is 0 Å². The largest absolute Gasteiger partial charge is 0.367 e. The number of hydrogen-bond acceptors (Lipinski definition) is 8. The van der Waals surface area contributed by atoms with Crippen molar-refractivity contribution in [3.8, 4) is 0 Å². The Morgan fingerprint density at radius 3 is 2.94 bits per heavy atom. The number of rotatable bonds is 6. The summed E-state index contributed by atoms with van der Waals surface area (Å²) in [6.07, 6.45) is 3.93. The smallest absolute Gasteiger partial charge is 0.248 e. The number of morpholine rings is 1. The van der Waals surface area contributed by atoms with E-state index < -0.39 is 12.0 Å². The highest BCUT2D eigenvalue weighted by Gasteiger charge is 2.33. The summed E-state index contributed by atoms with van der Waals surface area (Å²) in [6, 6.07) is 12.5. The van der Waals surface area contributed by atoms with Crippen molar-refractivity contribution in [3.05, 3.63) is 59.8 Å². The van der Waals surface area contributed by atoms with Crippen molar-refractivity contribution >= 4 is 33.9 Å². The predicted molar refractivity (Wildman–Crippen MR) is 137 cm³/mol. The molecule has 10 heteroatoms. The van der Waals surface area contributed by atoms with Gasteiger partial charge in [-0.05, 0) is 49.4 Å². The number of aromatic amines is 1. The molecule has 1 saturated heterocycles. The van der Waals surface area contributed by atoms with Gasteiger partial charge in [-0.2, -0.15) is 5.10 Å². The van der Waals surface area contributed by atoms with Crippen molar-refractivity contribution in [2.24, 2.45) is 11.6 Å². The lowest BCUT2D eigenvalue weighted by Crippen LogP contribution is -2.60. The van der Waals surface area contributed by atoms with Gasteiger partial charge in [0.2, 0.25) is 5.91 Å². The van der Waals surface area contributed by atoms with Gasteiger partial charge in [-0.25, -0.2) is 5.84 Å². The van der Waals surface area contributed by atoms with Crippen LogP contribution in [-0.2, 0) is 16.0 Å². The van der Waals surface area contributed by atoms with Crippen LogP contribution in [-0.4, -0.2) is 66.8 Å². The van der Waals surface area contributed by atoms with E-state index in [-0.39, 0.29) is 6.29 Å². The third-order valence-corrected chi connectivity index (χ3v) is 6.82. The zero-order chi connectivity index (χ0) is 24.5. The van der Waals surface area contributed by atoms with Crippen LogP contribution in [0.5, 0.6) is 0 Å². The molecule has 0 spiro atoms. The number of nitrogens with one attached hydrogen (secondary N) is 2. The van der Waals surface area contributed by atoms with E-state index in [9.17, 15) is 4.79 Å². The number of hydrazine groups is 1. The molecule has 3 aromatic rings. The van der Waals surface area contributed by atoms with E-state index in [1.807, 2.05) is 13.2 Å². The van der Waals surface area contributed by atoms with Gasteiger partial charge in [0.1, 0.15) is 0 Å². The Labute approximate surface area is 204 Å². The number of fused-ring (bicyclic) bond motifs is 1. The lowest BCUT2D eigenvalue weighted by molar-refractivity contribution is -0.130. The highest BCUT2D eigenvalue weighted by Crippen LogP contribution is 2.36. The van der Waals surface area contributed by atoms with E-state index in [0.29, 0.717) is 26.2 Å². The molecular formula is C25H32N8O2. The predicted octanol–water partition coefficient (Wildman–Crippen LogP) is 1.36. The Kier molecular flexibility index (Phi) is 6.33. The van der Waals surface area contributed by atoms with Crippen molar-refractivity contribution < 1.29 is 9.53 Å². The maximum absolute atomic E-state index is 11.8. The first-order valence-corrected chi connectivity index (χ1v) is 11.9. The minimum atomic E-state index is -0.630. The molecule has 2 atom stereocenters. The number of primary amides is 1. The normalized spacial score (nSPS) is 20.9. The number of carbonyl (C=O) groups is 1. The van der Waals surface area contributed by atoms with Gasteiger partial charge in [0.15, 0.2) is 12.4 Å². The van der Waals surface area contributed by atoms with Gasteiger partial charge in [0, 0.05) is 35.4 Å². The molecule has 1 amide bonds. The van der Waals surface area contributed by atoms with Gasteiger partial charge in [-0.3, -0.25) is 20.2 Å². The molecule has 2 aromatic carbocycles. The number of hydrogen-bond donors (Lipinski definition) is 4. The summed E-state index contributed by atoms with van der Waals surface area (Å²) in [5, 5.41) is 13.4. The van der Waals surface area contributed by atoms with E-state index in [0.717, 1.165) is 40.0 Å². The molecule has 6 N–H and O–H groups in total. The number of anilines is 2. The molecule has 1 aromatic heterocycles. The van der Waals surface area contributed by atoms with Crippen LogP contribution in [0.2, 0.25) is 0 Å². The van der Waals surface area contributed by atoms with E-state index in [4.69, 9.17) is 16.3 Å². The van der Waals surface area contributed by atoms with Gasteiger partial charge >= 0.3 is 0 Å². The van der Waals surface area contributed by atoms with Crippen LogP contribution in [0, 0.1) is 0 Å². The van der Waals surface area contributed by atoms with Crippen molar-refractivity contribution in [2.45, 2.75) is 25.7 Å². The minimum absolute atomic E-state index is 0.267. The van der Waals surface area contributed by atoms with E-state index >= 15 is 0 Å². The fourth-order valence-electron chi connectivity index (χ4n) is 5.03. The summed E-state index contributed by atoms with van der Waals surface area (Å²) >= 11 is 0. The van der Waals surface area contributed by atoms with Crippen molar-refractivity contribution in [2.75, 3.05) is 43.1 Å². The molecule has 0 radical (unpaired) electrons. The van der Waals surface area contributed by atoms with E-state index in [2.05, 4.69) is 74.7 Å². The molecular weight excluding hydrogens is 444 g/mol. The number of benzene rings is 2. The number of aryl methyl sites for hydroxylation is 1. The SMILES string of the molecule is CCc1cccc(N2CCO[C@H](C(N)=O)C2)c1C1=CCN(c2ccc3cn[nH]c3c2)C(NC)N1N. The van der Waals surface area contributed by atoms with Crippen molar-refractivity contribution in [1.29, 1.82) is 0 Å². The molecule has 1 fully saturated rings. The molecule has 10 nitrogen and oxygen atoms in total. The number of nitrogens with two attached hydrogens (primary N) is 2. The Balaban J connectivity index is 1.53. The van der Waals surface area contributed by atoms with Crippen molar-refractivity contribution in [1.82, 2.24) is 20.5 Å². The van der Waals surface area contributed by atoms with Gasteiger partial charge in [0.05, 0.1) is 30.6 Å². The number of H-pyrrole nitrogens is 1. The Bertz CT molecular complexity index is 1260. The van der Waals surface area contributed by atoms with Crippen LogP contribution < -0.4 is 26.7 Å². The van der Waals surface area contributed by atoms with Gasteiger partial charge in [-0.15, -0.1) is 0 Å². The standard InChI is InChI=1S/C25H32N8O2/c1-3-16-5-4-6-20(31-11-12-35-22(15-31)24(26)34)23(16)21-9-10-32(25(28-2)33(21)27)18-8-7-17-14-29-30-19(17)13-18/h4-9,13-14,22,25,28H,3,10-12,15,27H2,1-2H3,(H2,26,34)(H,29,30)/t22-,25?/m0/s1. The average molecular weight is 477 g/mol. The van der Waals surface area contributed by atoms with Crippen LogP contribution in [0.4, 0.5) is 11.4 Å². The monoisotopic (exact) mass is 476 g/mol. The summed E-state index contributed by atoms with van der Waals surface area (Å²) in [6.45, 7) is 4.34. The summed E-state index contributed by atoms with van der Waals surface area (Å²) < 4.78 is 5.59. The zero-order valence-corrected chi connectivity index (χ0v) is 20.1. The topological polar surface area (TPSA) is 129 Å². The molecule has 2 aliphatic heterocycles. The molecule has 0 bridgehead atoms. The summed E-state index contributed by atoms with van der Waals surface area (Å²) in [4.78, 5) is 16.2. The Hall–Kier alpha value is -3.60. The fourth-order valence-corrected chi connectivity index (χ4v) is 5.03. The second-order valence-corrected chi connectivity index (χ2v) is 8.83. The third-order valence-electron chi connectivity index (χ3n) is 6.82. The second-order valence-electron chi connectivity index (χ2n) is 8.83. The lowest BCUT2D eigenvalue weighted by Gasteiger charge is -2.44. The number of ether oxygens (including phenoxy) is 1. The van der Waals surface area contributed by atoms with Crippen LogP contribution in [0.25, 0.3) is 16.6 Å². The summed E-state index contributed by atoms with van der Waals surface area (Å²) in [5.41, 5.74) is 11.8.